The van der Waals surface area contributed by atoms with Crippen molar-refractivity contribution in [3.63, 3.8) is 0 Å². The molecule has 0 saturated heterocycles. The van der Waals surface area contributed by atoms with Crippen molar-refractivity contribution in [3.8, 4) is 0 Å². The zero-order valence-corrected chi connectivity index (χ0v) is 9.30. The number of hydrogen-bond acceptors (Lipinski definition) is 1. The molecule has 1 aliphatic carbocycles. The summed E-state index contributed by atoms with van der Waals surface area (Å²) in [7, 11) is 0. The second-order valence-electron chi connectivity index (χ2n) is 4.47. The van der Waals surface area contributed by atoms with Gasteiger partial charge >= 0.3 is 0 Å². The van der Waals surface area contributed by atoms with Gasteiger partial charge < -0.3 is 0 Å². The summed E-state index contributed by atoms with van der Waals surface area (Å²) in [6.07, 6.45) is 3.73. The van der Waals surface area contributed by atoms with Gasteiger partial charge in [0.05, 0.1) is 5.52 Å². The Morgan fingerprint density at radius 2 is 2.00 bits per heavy atom. The number of aryl methyl sites for hydroxylation is 3. The first-order chi connectivity index (χ1) is 7.27. The molecule has 0 radical (unpaired) electrons. The predicted molar refractivity (Wildman–Crippen MR) is 63.2 cm³/mol. The first-order valence-corrected chi connectivity index (χ1v) is 5.65. The van der Waals surface area contributed by atoms with E-state index in [-0.39, 0.29) is 0 Å². The van der Waals surface area contributed by atoms with Crippen LogP contribution in [0.15, 0.2) is 18.2 Å². The molecule has 0 N–H and O–H groups in total. The standard InChI is InChI=1S/C14H15N/c1-9-10(2)15-13-8-4-6-11-5-3-7-12(9)14(11)13/h4,6,8H,3,5,7H2,1-2H3. The molecule has 1 heterocycles. The minimum absolute atomic E-state index is 1.19. The van der Waals surface area contributed by atoms with Crippen molar-refractivity contribution in [2.45, 2.75) is 33.1 Å². The first-order valence-electron chi connectivity index (χ1n) is 5.65. The molecule has 15 heavy (non-hydrogen) atoms. The van der Waals surface area contributed by atoms with Crippen molar-refractivity contribution >= 4 is 10.9 Å². The van der Waals surface area contributed by atoms with Gasteiger partial charge in [-0.25, -0.2) is 0 Å². The van der Waals surface area contributed by atoms with E-state index in [0.29, 0.717) is 0 Å². The van der Waals surface area contributed by atoms with Crippen LogP contribution < -0.4 is 0 Å². The van der Waals surface area contributed by atoms with E-state index in [2.05, 4.69) is 37.0 Å². The molecule has 1 aromatic heterocycles. The molecule has 76 valence electrons. The molecule has 1 aliphatic rings. The third kappa shape index (κ3) is 1.19. The minimum atomic E-state index is 1.19. The molecule has 0 saturated carbocycles. The largest absolute Gasteiger partial charge is 0.253 e. The van der Waals surface area contributed by atoms with Crippen LogP contribution in [0.5, 0.6) is 0 Å². The molecule has 2 aromatic rings. The topological polar surface area (TPSA) is 12.9 Å². The van der Waals surface area contributed by atoms with Gasteiger partial charge in [-0.15, -0.1) is 0 Å². The molecular weight excluding hydrogens is 182 g/mol. The van der Waals surface area contributed by atoms with Gasteiger partial charge in [-0.05, 0) is 55.9 Å². The van der Waals surface area contributed by atoms with Gasteiger partial charge in [0, 0.05) is 11.1 Å². The highest BCUT2D eigenvalue weighted by Gasteiger charge is 2.16. The molecule has 1 aromatic carbocycles. The van der Waals surface area contributed by atoms with Crippen LogP contribution in [0.2, 0.25) is 0 Å². The van der Waals surface area contributed by atoms with Gasteiger partial charge in [0.25, 0.3) is 0 Å². The smallest absolute Gasteiger partial charge is 0.0710 e. The summed E-state index contributed by atoms with van der Waals surface area (Å²) < 4.78 is 0. The van der Waals surface area contributed by atoms with Crippen LogP contribution in [0, 0.1) is 13.8 Å². The second kappa shape index (κ2) is 3.06. The molecule has 1 heteroatoms. The lowest BCUT2D eigenvalue weighted by molar-refractivity contribution is 0.799. The lowest BCUT2D eigenvalue weighted by Gasteiger charge is -2.19. The van der Waals surface area contributed by atoms with Crippen molar-refractivity contribution in [2.24, 2.45) is 0 Å². The van der Waals surface area contributed by atoms with Crippen LogP contribution in [-0.2, 0) is 12.8 Å². The highest BCUT2D eigenvalue weighted by Crippen LogP contribution is 2.31. The van der Waals surface area contributed by atoms with E-state index in [9.17, 15) is 0 Å². The first kappa shape index (κ1) is 8.90. The molecule has 0 fully saturated rings. The monoisotopic (exact) mass is 197 g/mol. The van der Waals surface area contributed by atoms with Gasteiger partial charge in [0.15, 0.2) is 0 Å². The van der Waals surface area contributed by atoms with E-state index in [4.69, 9.17) is 0 Å². The number of benzene rings is 1. The average molecular weight is 197 g/mol. The summed E-state index contributed by atoms with van der Waals surface area (Å²) in [6.45, 7) is 4.33. The highest BCUT2D eigenvalue weighted by atomic mass is 14.7. The van der Waals surface area contributed by atoms with E-state index in [1.54, 1.807) is 5.56 Å². The van der Waals surface area contributed by atoms with Gasteiger partial charge in [0.1, 0.15) is 0 Å². The zero-order valence-electron chi connectivity index (χ0n) is 9.30. The maximum absolute atomic E-state index is 4.68. The van der Waals surface area contributed by atoms with E-state index >= 15 is 0 Å². The van der Waals surface area contributed by atoms with Gasteiger partial charge in [-0.3, -0.25) is 4.98 Å². The molecule has 0 unspecified atom stereocenters. The Balaban J connectivity index is 2.51. The van der Waals surface area contributed by atoms with E-state index < -0.39 is 0 Å². The zero-order chi connectivity index (χ0) is 10.4. The van der Waals surface area contributed by atoms with E-state index in [0.717, 1.165) is 0 Å². The second-order valence-corrected chi connectivity index (χ2v) is 4.47. The molecule has 0 bridgehead atoms. The Hall–Kier alpha value is -1.37. The Kier molecular flexibility index (Phi) is 1.82. The summed E-state index contributed by atoms with van der Waals surface area (Å²) in [5.74, 6) is 0. The number of hydrogen-bond donors (Lipinski definition) is 0. The summed E-state index contributed by atoms with van der Waals surface area (Å²) in [4.78, 5) is 4.68. The summed E-state index contributed by atoms with van der Waals surface area (Å²) >= 11 is 0. The Bertz CT molecular complexity index is 541. The number of pyridine rings is 1. The quantitative estimate of drug-likeness (QED) is 0.631. The Morgan fingerprint density at radius 3 is 2.87 bits per heavy atom. The molecule has 3 rings (SSSR count). The van der Waals surface area contributed by atoms with Crippen molar-refractivity contribution in [1.82, 2.24) is 4.98 Å². The van der Waals surface area contributed by atoms with Crippen LogP contribution in [0.4, 0.5) is 0 Å². The summed E-state index contributed by atoms with van der Waals surface area (Å²) in [5.41, 5.74) is 6.81. The molecule has 1 nitrogen and oxygen atoms in total. The molecule has 0 amide bonds. The molecule has 0 aliphatic heterocycles. The normalized spacial score (nSPS) is 14.5. The van der Waals surface area contributed by atoms with Crippen LogP contribution in [0.25, 0.3) is 10.9 Å². The highest BCUT2D eigenvalue weighted by molar-refractivity contribution is 5.87. The lowest BCUT2D eigenvalue weighted by Crippen LogP contribution is -2.06. The molecular formula is C14H15N. The fourth-order valence-corrected chi connectivity index (χ4v) is 2.67. The van der Waals surface area contributed by atoms with Crippen molar-refractivity contribution in [2.75, 3.05) is 0 Å². The maximum Gasteiger partial charge on any atom is 0.0710 e. The number of aromatic nitrogens is 1. The summed E-state index contributed by atoms with van der Waals surface area (Å²) in [6, 6.07) is 6.52. The van der Waals surface area contributed by atoms with Crippen LogP contribution in [0.1, 0.15) is 28.8 Å². The SMILES string of the molecule is Cc1nc2cccc3c2c(c1C)CCC3. The third-order valence-electron chi connectivity index (χ3n) is 3.59. The van der Waals surface area contributed by atoms with Crippen molar-refractivity contribution in [1.29, 1.82) is 0 Å². The average Bonchev–Trinajstić information content (AvgIpc) is 2.26. The minimum Gasteiger partial charge on any atom is -0.253 e. The number of rotatable bonds is 0. The Morgan fingerprint density at radius 1 is 1.13 bits per heavy atom. The maximum atomic E-state index is 4.68. The van der Waals surface area contributed by atoms with E-state index in [1.807, 2.05) is 0 Å². The van der Waals surface area contributed by atoms with Crippen molar-refractivity contribution < 1.29 is 0 Å². The summed E-state index contributed by atoms with van der Waals surface area (Å²) in [5, 5.41) is 1.44. The molecule has 0 atom stereocenters. The van der Waals surface area contributed by atoms with Crippen molar-refractivity contribution in [3.05, 3.63) is 40.6 Å². The van der Waals surface area contributed by atoms with Crippen LogP contribution >= 0.6 is 0 Å². The van der Waals surface area contributed by atoms with Gasteiger partial charge in [-0.1, -0.05) is 12.1 Å². The van der Waals surface area contributed by atoms with Crippen LogP contribution in [0.3, 0.4) is 0 Å². The van der Waals surface area contributed by atoms with Gasteiger partial charge in [-0.2, -0.15) is 0 Å². The predicted octanol–water partition coefficient (Wildman–Crippen LogP) is 3.34. The molecule has 0 spiro atoms. The van der Waals surface area contributed by atoms with Gasteiger partial charge in [0.2, 0.25) is 0 Å². The Labute approximate surface area is 90.2 Å². The van der Waals surface area contributed by atoms with Crippen LogP contribution in [-0.4, -0.2) is 4.98 Å². The lowest BCUT2D eigenvalue weighted by atomic mass is 9.87. The third-order valence-corrected chi connectivity index (χ3v) is 3.59. The van der Waals surface area contributed by atoms with E-state index in [1.165, 1.54) is 47.0 Å². The fourth-order valence-electron chi connectivity index (χ4n) is 2.67. The number of nitrogens with zero attached hydrogens (tertiary/aromatic N) is 1. The fraction of sp³-hybridized carbons (Fsp3) is 0.357.